The number of hydrogen-bond donors (Lipinski definition) is 2. The van der Waals surface area contributed by atoms with Gasteiger partial charge in [0.2, 0.25) is 0 Å². The van der Waals surface area contributed by atoms with Crippen molar-refractivity contribution < 1.29 is 24.2 Å². The maximum absolute atomic E-state index is 11.2. The molecule has 0 heterocycles. The predicted octanol–water partition coefficient (Wildman–Crippen LogP) is 3.63. The Hall–Kier alpha value is -3.02. The van der Waals surface area contributed by atoms with E-state index in [0.717, 1.165) is 5.56 Å². The van der Waals surface area contributed by atoms with E-state index in [0.29, 0.717) is 35.6 Å². The van der Waals surface area contributed by atoms with E-state index in [-0.39, 0.29) is 17.7 Å². The molecule has 0 aromatic heterocycles. The first-order valence-corrected chi connectivity index (χ1v) is 8.30. The van der Waals surface area contributed by atoms with Crippen LogP contribution in [0, 0.1) is 13.8 Å². The van der Waals surface area contributed by atoms with Crippen LogP contribution in [0.3, 0.4) is 0 Å². The van der Waals surface area contributed by atoms with Crippen LogP contribution in [-0.2, 0) is 9.47 Å². The summed E-state index contributed by atoms with van der Waals surface area (Å²) in [6, 6.07) is 9.74. The second-order valence-electron chi connectivity index (χ2n) is 5.51. The fourth-order valence-electron chi connectivity index (χ4n) is 2.01. The molecule has 0 aliphatic rings. The number of nitrogen functional groups attached to an aromatic ring is 1. The summed E-state index contributed by atoms with van der Waals surface area (Å²) in [6.45, 7) is 7.88. The molecule has 6 nitrogen and oxygen atoms in total. The zero-order valence-electron chi connectivity index (χ0n) is 15.5. The Kier molecular flexibility index (Phi) is 8.15. The van der Waals surface area contributed by atoms with Gasteiger partial charge in [-0.2, -0.15) is 0 Å². The number of rotatable bonds is 4. The first-order chi connectivity index (χ1) is 12.3. The van der Waals surface area contributed by atoms with Crippen LogP contribution in [0.1, 0.15) is 45.7 Å². The van der Waals surface area contributed by atoms with E-state index < -0.39 is 0 Å². The number of aromatic hydroxyl groups is 1. The molecule has 140 valence electrons. The standard InChI is InChI=1S/C10H13NO2.C10H12O3/c2*1-3-13-10(12)8-4-5-9(11)7(2)6-8/h4-6H,3,11H2,1-2H3;4-6,11H,3H2,1-2H3. The van der Waals surface area contributed by atoms with Crippen LogP contribution in [0.25, 0.3) is 0 Å². The summed E-state index contributed by atoms with van der Waals surface area (Å²) < 4.78 is 9.65. The highest BCUT2D eigenvalue weighted by molar-refractivity contribution is 5.90. The van der Waals surface area contributed by atoms with E-state index in [9.17, 15) is 14.7 Å². The average molecular weight is 359 g/mol. The molecule has 26 heavy (non-hydrogen) atoms. The Bertz CT molecular complexity index is 705. The van der Waals surface area contributed by atoms with E-state index in [1.807, 2.05) is 6.92 Å². The van der Waals surface area contributed by atoms with Crippen LogP contribution in [0.15, 0.2) is 36.4 Å². The molecular formula is C20H25NO5. The maximum Gasteiger partial charge on any atom is 0.338 e. The molecule has 0 fully saturated rings. The van der Waals surface area contributed by atoms with Crippen molar-refractivity contribution in [1.29, 1.82) is 0 Å². The van der Waals surface area contributed by atoms with Crippen molar-refractivity contribution in [2.24, 2.45) is 0 Å². The highest BCUT2D eigenvalue weighted by Crippen LogP contribution is 2.17. The Morgan fingerprint density at radius 2 is 1.35 bits per heavy atom. The minimum Gasteiger partial charge on any atom is -0.508 e. The highest BCUT2D eigenvalue weighted by atomic mass is 16.5. The molecule has 0 saturated heterocycles. The van der Waals surface area contributed by atoms with E-state index >= 15 is 0 Å². The normalized spacial score (nSPS) is 9.69. The average Bonchev–Trinajstić information content (AvgIpc) is 2.60. The zero-order valence-corrected chi connectivity index (χ0v) is 15.5. The molecule has 2 rings (SSSR count). The van der Waals surface area contributed by atoms with Crippen LogP contribution in [0.2, 0.25) is 0 Å². The molecule has 0 bridgehead atoms. The minimum atomic E-state index is -0.356. The summed E-state index contributed by atoms with van der Waals surface area (Å²) in [5, 5.41) is 9.20. The number of phenolic OH excluding ortho intramolecular Hbond substituents is 1. The SMILES string of the molecule is CCOC(=O)c1ccc(N)c(C)c1.CCOC(=O)c1ccc(O)c(C)c1. The van der Waals surface area contributed by atoms with E-state index in [2.05, 4.69) is 0 Å². The fourth-order valence-corrected chi connectivity index (χ4v) is 2.01. The number of carbonyl (C=O) groups is 2. The minimum absolute atomic E-state index is 0.188. The van der Waals surface area contributed by atoms with Crippen LogP contribution in [-0.4, -0.2) is 30.3 Å². The third-order valence-electron chi connectivity index (χ3n) is 3.49. The summed E-state index contributed by atoms with van der Waals surface area (Å²) in [5.74, 6) is -0.468. The monoisotopic (exact) mass is 359 g/mol. The summed E-state index contributed by atoms with van der Waals surface area (Å²) in [5.41, 5.74) is 8.88. The number of ether oxygens (including phenoxy) is 2. The smallest absolute Gasteiger partial charge is 0.338 e. The van der Waals surface area contributed by atoms with Gasteiger partial charge < -0.3 is 20.3 Å². The lowest BCUT2D eigenvalue weighted by Crippen LogP contribution is -2.05. The van der Waals surface area contributed by atoms with Crippen LogP contribution in [0.5, 0.6) is 5.75 Å². The van der Waals surface area contributed by atoms with Crippen LogP contribution >= 0.6 is 0 Å². The van der Waals surface area contributed by atoms with Crippen molar-refractivity contribution in [2.75, 3.05) is 18.9 Å². The van der Waals surface area contributed by atoms with Gasteiger partial charge in [-0.1, -0.05) is 0 Å². The third-order valence-corrected chi connectivity index (χ3v) is 3.49. The lowest BCUT2D eigenvalue weighted by molar-refractivity contribution is 0.0516. The Morgan fingerprint density at radius 1 is 0.885 bits per heavy atom. The van der Waals surface area contributed by atoms with Gasteiger partial charge >= 0.3 is 11.9 Å². The lowest BCUT2D eigenvalue weighted by atomic mass is 10.1. The number of esters is 2. The number of hydrogen-bond acceptors (Lipinski definition) is 6. The molecular weight excluding hydrogens is 334 g/mol. The van der Waals surface area contributed by atoms with Gasteiger partial charge in [-0.05, 0) is 75.2 Å². The number of aryl methyl sites for hydroxylation is 2. The van der Waals surface area contributed by atoms with Crippen LogP contribution in [0.4, 0.5) is 5.69 Å². The first kappa shape index (κ1) is 21.0. The summed E-state index contributed by atoms with van der Waals surface area (Å²) in [6.07, 6.45) is 0. The van der Waals surface area contributed by atoms with Crippen molar-refractivity contribution in [3.05, 3.63) is 58.7 Å². The van der Waals surface area contributed by atoms with Crippen molar-refractivity contribution >= 4 is 17.6 Å². The Labute approximate surface area is 153 Å². The molecule has 6 heteroatoms. The molecule has 0 unspecified atom stereocenters. The molecule has 2 aromatic carbocycles. The van der Waals surface area contributed by atoms with Gasteiger partial charge in [-0.3, -0.25) is 0 Å². The Morgan fingerprint density at radius 3 is 1.77 bits per heavy atom. The molecule has 0 atom stereocenters. The Balaban J connectivity index is 0.000000260. The van der Waals surface area contributed by atoms with Gasteiger partial charge in [0.05, 0.1) is 24.3 Å². The van der Waals surface area contributed by atoms with Gasteiger partial charge in [-0.15, -0.1) is 0 Å². The molecule has 0 amide bonds. The van der Waals surface area contributed by atoms with Crippen molar-refractivity contribution in [2.45, 2.75) is 27.7 Å². The topological polar surface area (TPSA) is 98.9 Å². The molecule has 2 aromatic rings. The van der Waals surface area contributed by atoms with Gasteiger partial charge in [0, 0.05) is 5.69 Å². The number of anilines is 1. The second kappa shape index (κ2) is 10.1. The quantitative estimate of drug-likeness (QED) is 0.639. The highest BCUT2D eigenvalue weighted by Gasteiger charge is 2.07. The van der Waals surface area contributed by atoms with Crippen molar-refractivity contribution in [3.63, 3.8) is 0 Å². The van der Waals surface area contributed by atoms with E-state index in [1.54, 1.807) is 51.1 Å². The van der Waals surface area contributed by atoms with E-state index in [1.165, 1.54) is 6.07 Å². The van der Waals surface area contributed by atoms with Gasteiger partial charge in [0.15, 0.2) is 0 Å². The van der Waals surface area contributed by atoms with Crippen molar-refractivity contribution in [3.8, 4) is 5.75 Å². The number of carbonyl (C=O) groups excluding carboxylic acids is 2. The third kappa shape index (κ3) is 6.12. The van der Waals surface area contributed by atoms with Gasteiger partial charge in [0.25, 0.3) is 0 Å². The van der Waals surface area contributed by atoms with Crippen molar-refractivity contribution in [1.82, 2.24) is 0 Å². The largest absolute Gasteiger partial charge is 0.508 e. The first-order valence-electron chi connectivity index (χ1n) is 8.30. The zero-order chi connectivity index (χ0) is 19.7. The van der Waals surface area contributed by atoms with Crippen LogP contribution < -0.4 is 5.73 Å². The maximum atomic E-state index is 11.2. The molecule has 0 spiro atoms. The molecule has 3 N–H and O–H groups in total. The fraction of sp³-hybridized carbons (Fsp3) is 0.300. The molecule has 0 radical (unpaired) electrons. The van der Waals surface area contributed by atoms with Gasteiger partial charge in [0.1, 0.15) is 5.75 Å². The summed E-state index contributed by atoms with van der Waals surface area (Å²) >= 11 is 0. The number of benzene rings is 2. The predicted molar refractivity (Wildman–Crippen MR) is 100 cm³/mol. The number of nitrogens with two attached hydrogens (primary N) is 1. The second-order valence-corrected chi connectivity index (χ2v) is 5.51. The molecule has 0 saturated carbocycles. The summed E-state index contributed by atoms with van der Waals surface area (Å²) in [7, 11) is 0. The van der Waals surface area contributed by atoms with E-state index in [4.69, 9.17) is 15.2 Å². The molecule has 0 aliphatic heterocycles. The van der Waals surface area contributed by atoms with Gasteiger partial charge in [-0.25, -0.2) is 9.59 Å². The number of phenols is 1. The molecule has 0 aliphatic carbocycles. The lowest BCUT2D eigenvalue weighted by Gasteiger charge is -2.04. The summed E-state index contributed by atoms with van der Waals surface area (Å²) in [4.78, 5) is 22.4.